The van der Waals surface area contributed by atoms with Crippen molar-refractivity contribution in [3.05, 3.63) is 62.8 Å². The summed E-state index contributed by atoms with van der Waals surface area (Å²) < 4.78 is 42.0. The van der Waals surface area contributed by atoms with Crippen LogP contribution in [-0.4, -0.2) is 58.3 Å². The second-order valence-corrected chi connectivity index (χ2v) is 7.83. The predicted molar refractivity (Wildman–Crippen MR) is 114 cm³/mol. The Balaban J connectivity index is 1.81. The third kappa shape index (κ3) is 5.46. The first-order chi connectivity index (χ1) is 16.2. The van der Waals surface area contributed by atoms with Gasteiger partial charge >= 0.3 is 0 Å². The zero-order valence-corrected chi connectivity index (χ0v) is 18.7. The van der Waals surface area contributed by atoms with Crippen LogP contribution in [0.4, 0.5) is 13.2 Å². The molecule has 1 saturated heterocycles. The summed E-state index contributed by atoms with van der Waals surface area (Å²) in [5, 5.41) is 15.8. The zero-order chi connectivity index (χ0) is 25.0. The first-order valence-corrected chi connectivity index (χ1v) is 10.6. The normalized spacial score (nSPS) is 17.0. The van der Waals surface area contributed by atoms with E-state index in [1.54, 1.807) is 5.17 Å². The fourth-order valence-electron chi connectivity index (χ4n) is 3.58. The van der Waals surface area contributed by atoms with Gasteiger partial charge in [0.25, 0.3) is 5.91 Å². The van der Waals surface area contributed by atoms with Crippen LogP contribution in [-0.2, 0) is 17.9 Å². The SMILES string of the molecule is CCC1CCN(C)N(CCn2cc(C(=O)NCc3c(F)cc(F)cc3F)c(=O)c(O)c2C=O)O1. The van der Waals surface area contributed by atoms with Crippen LogP contribution in [0.15, 0.2) is 23.1 Å². The summed E-state index contributed by atoms with van der Waals surface area (Å²) >= 11 is 0. The molecule has 12 heteroatoms. The van der Waals surface area contributed by atoms with Gasteiger partial charge in [0.1, 0.15) is 28.7 Å². The standard InChI is InChI=1S/C22H25F3N4O5/c1-3-14-4-5-27(2)29(34-14)7-6-28-11-16(20(31)21(32)19(28)12-30)22(33)26-10-15-17(24)8-13(23)9-18(15)25/h8-9,11-12,14,32H,3-7,10H2,1-2H3,(H,26,33). The number of benzene rings is 1. The maximum Gasteiger partial charge on any atom is 0.257 e. The average Bonchev–Trinajstić information content (AvgIpc) is 2.79. The van der Waals surface area contributed by atoms with E-state index in [1.165, 1.54) is 4.57 Å². The fourth-order valence-corrected chi connectivity index (χ4v) is 3.58. The number of aromatic hydroxyl groups is 1. The number of carbonyl (C=O) groups excluding carboxylic acids is 2. The molecule has 1 unspecified atom stereocenters. The monoisotopic (exact) mass is 482 g/mol. The van der Waals surface area contributed by atoms with Crippen molar-refractivity contribution in [2.75, 3.05) is 20.1 Å². The van der Waals surface area contributed by atoms with Gasteiger partial charge in [-0.2, -0.15) is 0 Å². The summed E-state index contributed by atoms with van der Waals surface area (Å²) in [6, 6.07) is 0.927. The number of aldehydes is 1. The van der Waals surface area contributed by atoms with Gasteiger partial charge in [0, 0.05) is 50.6 Å². The number of hydroxylamine groups is 1. The predicted octanol–water partition coefficient (Wildman–Crippen LogP) is 1.98. The minimum atomic E-state index is -1.20. The molecule has 2 N–H and O–H groups in total. The Kier molecular flexibility index (Phi) is 8.07. The lowest BCUT2D eigenvalue weighted by Crippen LogP contribution is -2.49. The van der Waals surface area contributed by atoms with E-state index in [2.05, 4.69) is 5.32 Å². The number of hydrogen-bond acceptors (Lipinski definition) is 7. The molecule has 0 aliphatic carbocycles. The van der Waals surface area contributed by atoms with Gasteiger partial charge in [-0.3, -0.25) is 19.2 Å². The number of halogens is 3. The second-order valence-electron chi connectivity index (χ2n) is 7.83. The van der Waals surface area contributed by atoms with Crippen LogP contribution in [0, 0.1) is 17.5 Å². The molecule has 1 fully saturated rings. The molecule has 9 nitrogen and oxygen atoms in total. The maximum absolute atomic E-state index is 13.8. The summed E-state index contributed by atoms with van der Waals surface area (Å²) in [6.45, 7) is 2.39. The summed E-state index contributed by atoms with van der Waals surface area (Å²) in [5.74, 6) is -5.49. The molecular formula is C22H25F3N4O5. The highest BCUT2D eigenvalue weighted by Crippen LogP contribution is 2.18. The van der Waals surface area contributed by atoms with Gasteiger partial charge < -0.3 is 15.0 Å². The smallest absolute Gasteiger partial charge is 0.257 e. The average molecular weight is 482 g/mol. The lowest BCUT2D eigenvalue weighted by atomic mass is 10.1. The van der Waals surface area contributed by atoms with Crippen LogP contribution in [0.25, 0.3) is 0 Å². The van der Waals surface area contributed by atoms with Crippen molar-refractivity contribution < 1.29 is 32.7 Å². The van der Waals surface area contributed by atoms with Gasteiger partial charge in [0.2, 0.25) is 5.43 Å². The molecule has 1 aliphatic rings. The number of amides is 1. The van der Waals surface area contributed by atoms with E-state index in [0.29, 0.717) is 12.1 Å². The van der Waals surface area contributed by atoms with Crippen molar-refractivity contribution >= 4 is 12.2 Å². The van der Waals surface area contributed by atoms with Crippen LogP contribution in [0.5, 0.6) is 5.75 Å². The molecule has 2 heterocycles. The van der Waals surface area contributed by atoms with E-state index in [0.717, 1.165) is 25.6 Å². The van der Waals surface area contributed by atoms with E-state index in [4.69, 9.17) is 4.84 Å². The number of pyridine rings is 1. The lowest BCUT2D eigenvalue weighted by molar-refractivity contribution is -0.329. The number of nitrogens with zero attached hydrogens (tertiary/aromatic N) is 3. The highest BCUT2D eigenvalue weighted by Gasteiger charge is 2.25. The molecule has 1 aromatic heterocycles. The molecule has 1 amide bonds. The Bertz CT molecular complexity index is 1120. The molecule has 0 saturated carbocycles. The third-order valence-corrected chi connectivity index (χ3v) is 5.60. The van der Waals surface area contributed by atoms with Crippen molar-refractivity contribution in [1.29, 1.82) is 0 Å². The lowest BCUT2D eigenvalue weighted by Gasteiger charge is -2.39. The molecular weight excluding hydrogens is 457 g/mol. The number of hydrogen-bond donors (Lipinski definition) is 2. The number of hydrazine groups is 1. The van der Waals surface area contributed by atoms with Gasteiger partial charge in [-0.05, 0) is 12.8 Å². The van der Waals surface area contributed by atoms with Crippen LogP contribution in [0.2, 0.25) is 0 Å². The van der Waals surface area contributed by atoms with E-state index in [-0.39, 0.29) is 31.2 Å². The molecule has 1 aliphatic heterocycles. The minimum Gasteiger partial charge on any atom is -0.503 e. The molecule has 3 rings (SSSR count). The van der Waals surface area contributed by atoms with Gasteiger partial charge in [0.05, 0.1) is 12.6 Å². The fraction of sp³-hybridized carbons (Fsp3) is 0.409. The Hall–Kier alpha value is -3.22. The molecule has 0 radical (unpaired) electrons. The van der Waals surface area contributed by atoms with Gasteiger partial charge in [-0.1, -0.05) is 6.92 Å². The molecule has 1 atom stereocenters. The Morgan fingerprint density at radius 3 is 2.56 bits per heavy atom. The van der Waals surface area contributed by atoms with Gasteiger partial charge in [-0.15, -0.1) is 5.17 Å². The second kappa shape index (κ2) is 10.8. The van der Waals surface area contributed by atoms with E-state index >= 15 is 0 Å². The molecule has 34 heavy (non-hydrogen) atoms. The number of nitrogens with one attached hydrogen (secondary N) is 1. The highest BCUT2D eigenvalue weighted by molar-refractivity contribution is 5.95. The Morgan fingerprint density at radius 2 is 1.94 bits per heavy atom. The summed E-state index contributed by atoms with van der Waals surface area (Å²) in [4.78, 5) is 42.4. The van der Waals surface area contributed by atoms with Crippen molar-refractivity contribution in [3.8, 4) is 5.75 Å². The molecule has 184 valence electrons. The summed E-state index contributed by atoms with van der Waals surface area (Å²) in [6.07, 6.45) is 3.05. The van der Waals surface area contributed by atoms with Crippen molar-refractivity contribution in [3.63, 3.8) is 0 Å². The van der Waals surface area contributed by atoms with Crippen molar-refractivity contribution in [2.45, 2.75) is 39.0 Å². The first-order valence-electron chi connectivity index (χ1n) is 10.6. The van der Waals surface area contributed by atoms with E-state index in [1.807, 2.05) is 19.0 Å². The largest absolute Gasteiger partial charge is 0.503 e. The first kappa shape index (κ1) is 25.4. The molecule has 1 aromatic carbocycles. The topological polar surface area (TPSA) is 104 Å². The van der Waals surface area contributed by atoms with E-state index in [9.17, 15) is 32.7 Å². The van der Waals surface area contributed by atoms with Crippen LogP contribution in [0.1, 0.15) is 46.2 Å². The highest BCUT2D eigenvalue weighted by atomic mass is 19.1. The zero-order valence-electron chi connectivity index (χ0n) is 18.7. The Morgan fingerprint density at radius 1 is 1.26 bits per heavy atom. The van der Waals surface area contributed by atoms with Crippen LogP contribution >= 0.6 is 0 Å². The number of aromatic nitrogens is 1. The Labute approximate surface area is 193 Å². The van der Waals surface area contributed by atoms with E-state index < -0.39 is 52.2 Å². The maximum atomic E-state index is 13.8. The minimum absolute atomic E-state index is 0.0257. The number of rotatable bonds is 8. The quantitative estimate of drug-likeness (QED) is 0.555. The molecule has 0 bridgehead atoms. The van der Waals surface area contributed by atoms with Crippen LogP contribution in [0.3, 0.4) is 0 Å². The molecule has 0 spiro atoms. The number of carbonyl (C=O) groups is 2. The molecule has 2 aromatic rings. The van der Waals surface area contributed by atoms with Gasteiger partial charge in [-0.25, -0.2) is 18.2 Å². The summed E-state index contributed by atoms with van der Waals surface area (Å²) in [7, 11) is 1.82. The van der Waals surface area contributed by atoms with Crippen LogP contribution < -0.4 is 10.7 Å². The summed E-state index contributed by atoms with van der Waals surface area (Å²) in [5.41, 5.74) is -2.58. The van der Waals surface area contributed by atoms with Gasteiger partial charge in [0.15, 0.2) is 12.0 Å². The van der Waals surface area contributed by atoms with Crippen molar-refractivity contribution in [2.24, 2.45) is 0 Å². The van der Waals surface area contributed by atoms with Crippen molar-refractivity contribution in [1.82, 2.24) is 20.1 Å². The third-order valence-electron chi connectivity index (χ3n) is 5.60.